The normalized spacial score (nSPS) is 14.3. The van der Waals surface area contributed by atoms with Gasteiger partial charge >= 0.3 is 6.18 Å². The van der Waals surface area contributed by atoms with Crippen molar-refractivity contribution in [1.29, 1.82) is 0 Å². The van der Waals surface area contributed by atoms with E-state index in [4.69, 9.17) is 4.42 Å². The summed E-state index contributed by atoms with van der Waals surface area (Å²) < 4.78 is 47.9. The number of aromatic amines is 1. The summed E-state index contributed by atoms with van der Waals surface area (Å²) in [6, 6.07) is 3.01. The van der Waals surface area contributed by atoms with E-state index < -0.39 is 17.4 Å². The van der Waals surface area contributed by atoms with Crippen LogP contribution in [-0.4, -0.2) is 24.6 Å². The molecule has 0 aromatic carbocycles. The van der Waals surface area contributed by atoms with Gasteiger partial charge in [-0.3, -0.25) is 14.9 Å². The molecule has 0 fully saturated rings. The van der Waals surface area contributed by atoms with E-state index in [1.807, 2.05) is 0 Å². The summed E-state index contributed by atoms with van der Waals surface area (Å²) >= 11 is 0. The first-order valence-corrected chi connectivity index (χ1v) is 9.46. The van der Waals surface area contributed by atoms with Crippen LogP contribution in [-0.2, 0) is 19.0 Å². The minimum Gasteiger partial charge on any atom is -0.441 e. The molecule has 7 nitrogen and oxygen atoms in total. The topological polar surface area (TPSA) is 89.1 Å². The van der Waals surface area contributed by atoms with Crippen LogP contribution in [0.4, 0.5) is 13.2 Å². The quantitative estimate of drug-likeness (QED) is 0.536. The van der Waals surface area contributed by atoms with Gasteiger partial charge in [-0.25, -0.2) is 9.97 Å². The summed E-state index contributed by atoms with van der Waals surface area (Å²) in [4.78, 5) is 25.8. The number of rotatable bonds is 2. The Labute approximate surface area is 167 Å². The maximum absolute atomic E-state index is 13.8. The molecule has 0 saturated carbocycles. The lowest BCUT2D eigenvalue weighted by Gasteiger charge is -2.06. The standard InChI is InChI=1S/C20H16F3N5O2/c1-10-14(18-26-12-6-2-3-7-13(12)30-18)19(29)28-17(25-10)15(11-5-4-8-24-9-11)16(27-28)20(21,22)23/h4-5,8-9,27H,2-3,6-7H2,1H3. The maximum Gasteiger partial charge on any atom is 0.433 e. The summed E-state index contributed by atoms with van der Waals surface area (Å²) in [6.07, 6.45) is 1.46. The van der Waals surface area contributed by atoms with Gasteiger partial charge in [0, 0.05) is 24.4 Å². The van der Waals surface area contributed by atoms with Crippen molar-refractivity contribution < 1.29 is 17.6 Å². The highest BCUT2D eigenvalue weighted by molar-refractivity contribution is 5.80. The molecular weight excluding hydrogens is 399 g/mol. The first kappa shape index (κ1) is 18.6. The SMILES string of the molecule is Cc1nc2c(-c3cccnc3)c(C(F)(F)F)[nH]n2c(=O)c1-c1nc2c(o1)CCCC2. The maximum atomic E-state index is 13.8. The van der Waals surface area contributed by atoms with Crippen molar-refractivity contribution in [2.45, 2.75) is 38.8 Å². The van der Waals surface area contributed by atoms with E-state index in [-0.39, 0.29) is 33.9 Å². The van der Waals surface area contributed by atoms with Gasteiger partial charge in [0.15, 0.2) is 5.65 Å². The van der Waals surface area contributed by atoms with Crippen molar-refractivity contribution in [2.24, 2.45) is 0 Å². The summed E-state index contributed by atoms with van der Waals surface area (Å²) in [6.45, 7) is 1.56. The molecule has 0 radical (unpaired) electrons. The molecule has 1 aliphatic carbocycles. The van der Waals surface area contributed by atoms with Gasteiger partial charge in [0.25, 0.3) is 5.56 Å². The van der Waals surface area contributed by atoms with Gasteiger partial charge < -0.3 is 4.42 Å². The Morgan fingerprint density at radius 3 is 2.67 bits per heavy atom. The third-order valence-electron chi connectivity index (χ3n) is 5.25. The Balaban J connectivity index is 1.80. The van der Waals surface area contributed by atoms with E-state index in [0.717, 1.165) is 41.7 Å². The van der Waals surface area contributed by atoms with Crippen LogP contribution in [0.5, 0.6) is 0 Å². The average molecular weight is 415 g/mol. The first-order valence-electron chi connectivity index (χ1n) is 9.46. The smallest absolute Gasteiger partial charge is 0.433 e. The molecule has 10 heteroatoms. The fraction of sp³-hybridized carbons (Fsp3) is 0.300. The molecule has 0 saturated heterocycles. The van der Waals surface area contributed by atoms with Crippen molar-refractivity contribution >= 4 is 5.65 Å². The molecule has 4 heterocycles. The third-order valence-corrected chi connectivity index (χ3v) is 5.25. The van der Waals surface area contributed by atoms with E-state index in [1.54, 1.807) is 6.92 Å². The number of alkyl halides is 3. The lowest BCUT2D eigenvalue weighted by atomic mass is 10.0. The molecule has 0 spiro atoms. The number of hydrogen-bond acceptors (Lipinski definition) is 5. The van der Waals surface area contributed by atoms with E-state index in [9.17, 15) is 18.0 Å². The molecule has 4 aromatic rings. The highest BCUT2D eigenvalue weighted by Gasteiger charge is 2.38. The molecule has 154 valence electrons. The van der Waals surface area contributed by atoms with Gasteiger partial charge in [-0.1, -0.05) is 6.07 Å². The van der Waals surface area contributed by atoms with E-state index in [1.165, 1.54) is 24.5 Å². The van der Waals surface area contributed by atoms with Crippen LogP contribution in [0.3, 0.4) is 0 Å². The molecule has 30 heavy (non-hydrogen) atoms. The molecule has 0 atom stereocenters. The van der Waals surface area contributed by atoms with Crippen molar-refractivity contribution in [3.8, 4) is 22.6 Å². The number of H-pyrrole nitrogens is 1. The lowest BCUT2D eigenvalue weighted by Crippen LogP contribution is -2.20. The number of aryl methyl sites for hydroxylation is 3. The van der Waals surface area contributed by atoms with Crippen molar-refractivity contribution in [3.05, 3.63) is 57.7 Å². The Morgan fingerprint density at radius 2 is 1.97 bits per heavy atom. The van der Waals surface area contributed by atoms with Gasteiger partial charge in [-0.05, 0) is 32.3 Å². The predicted molar refractivity (Wildman–Crippen MR) is 101 cm³/mol. The fourth-order valence-electron chi connectivity index (χ4n) is 3.87. The molecule has 0 amide bonds. The van der Waals surface area contributed by atoms with Crippen molar-refractivity contribution in [1.82, 2.24) is 24.6 Å². The van der Waals surface area contributed by atoms with E-state index in [2.05, 4.69) is 20.1 Å². The Morgan fingerprint density at radius 1 is 1.17 bits per heavy atom. The van der Waals surface area contributed by atoms with Crippen LogP contribution in [0, 0.1) is 6.92 Å². The van der Waals surface area contributed by atoms with Gasteiger partial charge in [0.1, 0.15) is 17.0 Å². The fourth-order valence-corrected chi connectivity index (χ4v) is 3.87. The second-order valence-electron chi connectivity index (χ2n) is 7.23. The molecule has 0 bridgehead atoms. The number of oxazole rings is 1. The van der Waals surface area contributed by atoms with Crippen LogP contribution in [0.1, 0.15) is 35.7 Å². The Kier molecular flexibility index (Phi) is 4.05. The van der Waals surface area contributed by atoms with Crippen LogP contribution in [0.2, 0.25) is 0 Å². The summed E-state index contributed by atoms with van der Waals surface area (Å²) in [5, 5.41) is 2.19. The van der Waals surface area contributed by atoms with Crippen LogP contribution in [0.25, 0.3) is 28.2 Å². The number of nitrogens with zero attached hydrogens (tertiary/aromatic N) is 4. The molecular formula is C20H16F3N5O2. The first-order chi connectivity index (χ1) is 14.3. The number of hydrogen-bond donors (Lipinski definition) is 1. The zero-order valence-corrected chi connectivity index (χ0v) is 15.9. The van der Waals surface area contributed by atoms with Gasteiger partial charge in [-0.15, -0.1) is 0 Å². The van der Waals surface area contributed by atoms with Crippen LogP contribution < -0.4 is 5.56 Å². The molecule has 4 aromatic heterocycles. The lowest BCUT2D eigenvalue weighted by molar-refractivity contribution is -0.140. The number of pyridine rings is 1. The average Bonchev–Trinajstić information content (AvgIpc) is 3.30. The minimum atomic E-state index is -4.72. The zero-order valence-electron chi connectivity index (χ0n) is 15.9. The number of nitrogens with one attached hydrogen (secondary N) is 1. The molecule has 1 N–H and O–H groups in total. The Bertz CT molecular complexity index is 1290. The monoisotopic (exact) mass is 415 g/mol. The third kappa shape index (κ3) is 2.82. The second kappa shape index (κ2) is 6.54. The van der Waals surface area contributed by atoms with Crippen LogP contribution >= 0.6 is 0 Å². The zero-order chi connectivity index (χ0) is 21.0. The molecule has 1 aliphatic rings. The summed E-state index contributed by atoms with van der Waals surface area (Å²) in [5.41, 5.74) is -0.828. The summed E-state index contributed by atoms with van der Waals surface area (Å²) in [5.74, 6) is 0.816. The number of aromatic nitrogens is 5. The Hall–Kier alpha value is -3.43. The molecule has 5 rings (SSSR count). The largest absolute Gasteiger partial charge is 0.441 e. The van der Waals surface area contributed by atoms with Gasteiger partial charge in [0.2, 0.25) is 5.89 Å². The van der Waals surface area contributed by atoms with E-state index >= 15 is 0 Å². The highest BCUT2D eigenvalue weighted by Crippen LogP contribution is 2.38. The number of halogens is 3. The molecule has 0 unspecified atom stereocenters. The highest BCUT2D eigenvalue weighted by atomic mass is 19.4. The van der Waals surface area contributed by atoms with Crippen molar-refractivity contribution in [3.63, 3.8) is 0 Å². The summed E-state index contributed by atoms with van der Waals surface area (Å²) in [7, 11) is 0. The van der Waals surface area contributed by atoms with Gasteiger partial charge in [-0.2, -0.15) is 17.7 Å². The van der Waals surface area contributed by atoms with Crippen molar-refractivity contribution in [2.75, 3.05) is 0 Å². The van der Waals surface area contributed by atoms with E-state index in [0.29, 0.717) is 0 Å². The predicted octanol–water partition coefficient (Wildman–Crippen LogP) is 3.95. The van der Waals surface area contributed by atoms with Crippen LogP contribution in [0.15, 0.2) is 33.7 Å². The number of fused-ring (bicyclic) bond motifs is 2. The molecule has 0 aliphatic heterocycles. The minimum absolute atomic E-state index is 0.0506. The second-order valence-corrected chi connectivity index (χ2v) is 7.23. The van der Waals surface area contributed by atoms with Gasteiger partial charge in [0.05, 0.1) is 17.0 Å².